The molecule has 0 saturated heterocycles. The number of hydrogen-bond acceptors (Lipinski definition) is 3. The van der Waals surface area contributed by atoms with E-state index in [1.165, 1.54) is 0 Å². The van der Waals surface area contributed by atoms with Gasteiger partial charge in [-0.25, -0.2) is 4.98 Å². The highest BCUT2D eigenvalue weighted by atomic mass is 35.5. The number of aliphatic hydroxyl groups is 1. The van der Waals surface area contributed by atoms with Crippen LogP contribution in [0.2, 0.25) is 5.02 Å². The quantitative estimate of drug-likeness (QED) is 0.909. The van der Waals surface area contributed by atoms with Gasteiger partial charge in [0.25, 0.3) is 0 Å². The van der Waals surface area contributed by atoms with Crippen LogP contribution in [0, 0.1) is 0 Å². The second kappa shape index (κ2) is 5.34. The van der Waals surface area contributed by atoms with Gasteiger partial charge in [-0.15, -0.1) is 0 Å². The SMILES string of the molecule is CC(CO)c1cnc(Cc2ccc(Cl)cc2)o1. The molecule has 90 valence electrons. The molecule has 0 bridgehead atoms. The molecule has 0 spiro atoms. The summed E-state index contributed by atoms with van der Waals surface area (Å²) in [6, 6.07) is 7.58. The van der Waals surface area contributed by atoms with Crippen molar-refractivity contribution in [2.75, 3.05) is 6.61 Å². The molecule has 1 unspecified atom stereocenters. The van der Waals surface area contributed by atoms with Crippen LogP contribution in [0.25, 0.3) is 0 Å². The number of nitrogens with zero attached hydrogens (tertiary/aromatic N) is 1. The van der Waals surface area contributed by atoms with Crippen molar-refractivity contribution in [3.05, 3.63) is 52.7 Å². The molecular weight excluding hydrogens is 238 g/mol. The second-order valence-electron chi connectivity index (χ2n) is 4.04. The summed E-state index contributed by atoms with van der Waals surface area (Å²) in [5.74, 6) is 1.36. The molecule has 17 heavy (non-hydrogen) atoms. The number of rotatable bonds is 4. The molecule has 2 aromatic rings. The number of hydrogen-bond donors (Lipinski definition) is 1. The molecule has 1 atom stereocenters. The molecule has 4 heteroatoms. The molecule has 2 rings (SSSR count). The van der Waals surface area contributed by atoms with Gasteiger partial charge in [0.05, 0.1) is 12.8 Å². The van der Waals surface area contributed by atoms with Gasteiger partial charge in [-0.3, -0.25) is 0 Å². The first-order valence-corrected chi connectivity index (χ1v) is 5.86. The molecule has 0 aliphatic heterocycles. The number of halogens is 1. The Labute approximate surface area is 105 Å². The summed E-state index contributed by atoms with van der Waals surface area (Å²) in [6.45, 7) is 1.96. The minimum atomic E-state index is -0.0125. The lowest BCUT2D eigenvalue weighted by Crippen LogP contribution is -1.96. The zero-order valence-corrected chi connectivity index (χ0v) is 10.3. The highest BCUT2D eigenvalue weighted by Gasteiger charge is 2.10. The van der Waals surface area contributed by atoms with Crippen molar-refractivity contribution in [2.24, 2.45) is 0 Å². The van der Waals surface area contributed by atoms with E-state index in [1.807, 2.05) is 31.2 Å². The van der Waals surface area contributed by atoms with Gasteiger partial charge in [-0.1, -0.05) is 30.7 Å². The van der Waals surface area contributed by atoms with Gasteiger partial charge < -0.3 is 9.52 Å². The normalized spacial score (nSPS) is 12.6. The van der Waals surface area contributed by atoms with Crippen molar-refractivity contribution in [1.82, 2.24) is 4.98 Å². The first kappa shape index (κ1) is 12.1. The van der Waals surface area contributed by atoms with Gasteiger partial charge in [0.15, 0.2) is 5.89 Å². The summed E-state index contributed by atoms with van der Waals surface area (Å²) in [7, 11) is 0. The third-order valence-corrected chi connectivity index (χ3v) is 2.85. The summed E-state index contributed by atoms with van der Waals surface area (Å²) in [5, 5.41) is 9.73. The van der Waals surface area contributed by atoms with Gasteiger partial charge in [0, 0.05) is 17.4 Å². The van der Waals surface area contributed by atoms with E-state index in [9.17, 15) is 0 Å². The minimum Gasteiger partial charge on any atom is -0.445 e. The predicted molar refractivity (Wildman–Crippen MR) is 66.3 cm³/mol. The maximum Gasteiger partial charge on any atom is 0.198 e. The van der Waals surface area contributed by atoms with E-state index in [4.69, 9.17) is 21.1 Å². The van der Waals surface area contributed by atoms with Gasteiger partial charge in [0.1, 0.15) is 5.76 Å². The van der Waals surface area contributed by atoms with Crippen LogP contribution in [0.3, 0.4) is 0 Å². The number of benzene rings is 1. The largest absolute Gasteiger partial charge is 0.445 e. The molecular formula is C13H14ClNO2. The number of aromatic nitrogens is 1. The molecule has 1 N–H and O–H groups in total. The average Bonchev–Trinajstić information content (AvgIpc) is 2.80. The Morgan fingerprint density at radius 1 is 1.35 bits per heavy atom. The van der Waals surface area contributed by atoms with Crippen molar-refractivity contribution >= 4 is 11.6 Å². The Morgan fingerprint density at radius 2 is 2.06 bits per heavy atom. The molecule has 0 aliphatic carbocycles. The fourth-order valence-electron chi connectivity index (χ4n) is 1.50. The summed E-state index contributed by atoms with van der Waals surface area (Å²) < 4.78 is 5.57. The van der Waals surface area contributed by atoms with Crippen molar-refractivity contribution in [2.45, 2.75) is 19.3 Å². The van der Waals surface area contributed by atoms with E-state index in [0.29, 0.717) is 12.3 Å². The van der Waals surface area contributed by atoms with E-state index in [0.717, 1.165) is 16.3 Å². The molecule has 0 aliphatic rings. The third kappa shape index (κ3) is 3.08. The monoisotopic (exact) mass is 251 g/mol. The first-order valence-electron chi connectivity index (χ1n) is 5.49. The van der Waals surface area contributed by atoms with E-state index < -0.39 is 0 Å². The Kier molecular flexibility index (Phi) is 3.82. The van der Waals surface area contributed by atoms with E-state index in [1.54, 1.807) is 6.20 Å². The molecule has 1 aromatic heterocycles. The van der Waals surface area contributed by atoms with E-state index >= 15 is 0 Å². The van der Waals surface area contributed by atoms with Crippen LogP contribution < -0.4 is 0 Å². The minimum absolute atomic E-state index is 0.0125. The number of aliphatic hydroxyl groups excluding tert-OH is 1. The zero-order chi connectivity index (χ0) is 12.3. The molecule has 3 nitrogen and oxygen atoms in total. The maximum absolute atomic E-state index is 9.02. The Balaban J connectivity index is 2.08. The summed E-state index contributed by atoms with van der Waals surface area (Å²) >= 11 is 5.81. The Bertz CT molecular complexity index is 478. The zero-order valence-electron chi connectivity index (χ0n) is 9.56. The summed E-state index contributed by atoms with van der Waals surface area (Å²) in [6.07, 6.45) is 2.31. The van der Waals surface area contributed by atoms with Crippen LogP contribution in [-0.2, 0) is 6.42 Å². The summed E-state index contributed by atoms with van der Waals surface area (Å²) in [4.78, 5) is 4.19. The van der Waals surface area contributed by atoms with E-state index in [-0.39, 0.29) is 12.5 Å². The van der Waals surface area contributed by atoms with Gasteiger partial charge >= 0.3 is 0 Å². The maximum atomic E-state index is 9.02. The molecule has 1 heterocycles. The van der Waals surface area contributed by atoms with Crippen molar-refractivity contribution in [1.29, 1.82) is 0 Å². The fourth-order valence-corrected chi connectivity index (χ4v) is 1.63. The van der Waals surface area contributed by atoms with Crippen molar-refractivity contribution < 1.29 is 9.52 Å². The standard InChI is InChI=1S/C13H14ClNO2/c1-9(8-16)12-7-15-13(17-12)6-10-2-4-11(14)5-3-10/h2-5,7,9,16H,6,8H2,1H3. The topological polar surface area (TPSA) is 46.3 Å². The second-order valence-corrected chi connectivity index (χ2v) is 4.48. The Hall–Kier alpha value is -1.32. The van der Waals surface area contributed by atoms with Crippen LogP contribution in [-0.4, -0.2) is 16.7 Å². The van der Waals surface area contributed by atoms with Crippen LogP contribution in [0.1, 0.15) is 30.1 Å². The highest BCUT2D eigenvalue weighted by molar-refractivity contribution is 6.30. The van der Waals surface area contributed by atoms with E-state index in [2.05, 4.69) is 4.98 Å². The smallest absolute Gasteiger partial charge is 0.198 e. The fraction of sp³-hybridized carbons (Fsp3) is 0.308. The van der Waals surface area contributed by atoms with Gasteiger partial charge in [-0.05, 0) is 17.7 Å². The van der Waals surface area contributed by atoms with Crippen LogP contribution in [0.15, 0.2) is 34.9 Å². The van der Waals surface area contributed by atoms with Crippen molar-refractivity contribution in [3.8, 4) is 0 Å². The van der Waals surface area contributed by atoms with Crippen LogP contribution in [0.5, 0.6) is 0 Å². The lowest BCUT2D eigenvalue weighted by atomic mass is 10.1. The van der Waals surface area contributed by atoms with Crippen LogP contribution in [0.4, 0.5) is 0 Å². The molecule has 0 fully saturated rings. The molecule has 1 aromatic carbocycles. The average molecular weight is 252 g/mol. The third-order valence-electron chi connectivity index (χ3n) is 2.60. The van der Waals surface area contributed by atoms with Gasteiger partial charge in [0.2, 0.25) is 0 Å². The highest BCUT2D eigenvalue weighted by Crippen LogP contribution is 2.18. The summed E-state index contributed by atoms with van der Waals surface area (Å²) in [5.41, 5.74) is 1.10. The molecule has 0 amide bonds. The lowest BCUT2D eigenvalue weighted by molar-refractivity contribution is 0.255. The van der Waals surface area contributed by atoms with Gasteiger partial charge in [-0.2, -0.15) is 0 Å². The Morgan fingerprint density at radius 3 is 2.71 bits per heavy atom. The first-order chi connectivity index (χ1) is 8.19. The molecule has 0 saturated carbocycles. The predicted octanol–water partition coefficient (Wildman–Crippen LogP) is 3.01. The lowest BCUT2D eigenvalue weighted by Gasteiger charge is -2.01. The molecule has 0 radical (unpaired) electrons. The van der Waals surface area contributed by atoms with Crippen molar-refractivity contribution in [3.63, 3.8) is 0 Å². The number of oxazole rings is 1. The van der Waals surface area contributed by atoms with Crippen LogP contribution >= 0.6 is 11.6 Å².